The molecule has 2 heterocycles. The van der Waals surface area contributed by atoms with E-state index in [1.54, 1.807) is 12.1 Å². The van der Waals surface area contributed by atoms with Crippen LogP contribution in [-0.4, -0.2) is 33.5 Å². The number of carbonyl (C=O) groups is 1. The van der Waals surface area contributed by atoms with E-state index in [0.717, 1.165) is 11.4 Å². The Morgan fingerprint density at radius 2 is 1.84 bits per heavy atom. The Hall–Kier alpha value is -2.86. The van der Waals surface area contributed by atoms with Gasteiger partial charge in [-0.2, -0.15) is 0 Å². The van der Waals surface area contributed by atoms with Crippen LogP contribution in [-0.2, 0) is 11.2 Å². The van der Waals surface area contributed by atoms with Gasteiger partial charge >= 0.3 is 0 Å². The molecule has 0 fully saturated rings. The van der Waals surface area contributed by atoms with Gasteiger partial charge in [-0.15, -0.1) is 0 Å². The third-order valence-electron chi connectivity index (χ3n) is 3.55. The molecule has 0 saturated carbocycles. The predicted octanol–water partition coefficient (Wildman–Crippen LogP) is 2.69. The van der Waals surface area contributed by atoms with Crippen LogP contribution in [0.4, 0.5) is 5.82 Å². The second kappa shape index (κ2) is 8.30. The second-order valence-electron chi connectivity index (χ2n) is 5.43. The van der Waals surface area contributed by atoms with Crippen LogP contribution < -0.4 is 10.6 Å². The Morgan fingerprint density at radius 3 is 2.60 bits per heavy atom. The lowest BCUT2D eigenvalue weighted by Crippen LogP contribution is -2.30. The summed E-state index contributed by atoms with van der Waals surface area (Å²) in [5.41, 5.74) is 0.932. The molecule has 0 atom stereocenters. The molecule has 2 N–H and O–H groups in total. The van der Waals surface area contributed by atoms with Crippen molar-refractivity contribution in [2.75, 3.05) is 18.4 Å². The summed E-state index contributed by atoms with van der Waals surface area (Å²) in [5.74, 6) is 1.47. The van der Waals surface area contributed by atoms with Crippen LogP contribution in [0.3, 0.4) is 0 Å². The predicted molar refractivity (Wildman–Crippen MR) is 98.0 cm³/mol. The quantitative estimate of drug-likeness (QED) is 0.639. The number of hydrogen-bond acceptors (Lipinski definition) is 4. The average molecular weight is 356 g/mol. The van der Waals surface area contributed by atoms with Crippen molar-refractivity contribution in [3.8, 4) is 5.82 Å². The lowest BCUT2D eigenvalue weighted by molar-refractivity contribution is -0.120. The maximum atomic E-state index is 11.9. The van der Waals surface area contributed by atoms with Crippen LogP contribution in [0.25, 0.3) is 5.82 Å². The minimum Gasteiger partial charge on any atom is -0.368 e. The molecule has 0 aliphatic carbocycles. The smallest absolute Gasteiger partial charge is 0.224 e. The topological polar surface area (TPSA) is 71.8 Å². The zero-order chi connectivity index (χ0) is 17.5. The average Bonchev–Trinajstić information content (AvgIpc) is 3.16. The molecule has 0 bridgehead atoms. The number of nitrogens with one attached hydrogen (secondary N) is 2. The molecule has 3 aromatic rings. The zero-order valence-corrected chi connectivity index (χ0v) is 14.3. The van der Waals surface area contributed by atoms with Gasteiger partial charge in [-0.1, -0.05) is 23.7 Å². The molecule has 0 radical (unpaired) electrons. The number of anilines is 1. The summed E-state index contributed by atoms with van der Waals surface area (Å²) in [6.07, 6.45) is 5.69. The monoisotopic (exact) mass is 355 g/mol. The van der Waals surface area contributed by atoms with Gasteiger partial charge in [0, 0.05) is 36.6 Å². The van der Waals surface area contributed by atoms with Gasteiger partial charge in [-0.05, 0) is 29.8 Å². The number of aromatic nitrogens is 3. The van der Waals surface area contributed by atoms with Gasteiger partial charge < -0.3 is 15.2 Å². The molecule has 25 heavy (non-hydrogen) atoms. The Labute approximate surface area is 150 Å². The first kappa shape index (κ1) is 17.0. The van der Waals surface area contributed by atoms with Gasteiger partial charge in [-0.3, -0.25) is 4.79 Å². The maximum absolute atomic E-state index is 11.9. The van der Waals surface area contributed by atoms with E-state index in [1.807, 2.05) is 47.3 Å². The van der Waals surface area contributed by atoms with Crippen molar-refractivity contribution >= 4 is 23.3 Å². The fraction of sp³-hybridized carbons (Fsp3) is 0.167. The molecule has 0 aliphatic rings. The summed E-state index contributed by atoms with van der Waals surface area (Å²) in [7, 11) is 0. The van der Waals surface area contributed by atoms with Crippen LogP contribution in [0.1, 0.15) is 5.56 Å². The number of halogens is 1. The third-order valence-corrected chi connectivity index (χ3v) is 3.80. The molecule has 0 spiro atoms. The molecule has 3 rings (SSSR count). The lowest BCUT2D eigenvalue weighted by Gasteiger charge is -2.09. The highest BCUT2D eigenvalue weighted by Gasteiger charge is 2.03. The molecular weight excluding hydrogens is 338 g/mol. The standard InChI is InChI=1S/C18H18ClN5O/c19-15-5-3-14(4-6-15)11-18(25)21-8-7-20-16-12-17(23-13-22-16)24-9-1-2-10-24/h1-6,9-10,12-13H,7-8,11H2,(H,21,25)(H,20,22,23). The van der Waals surface area contributed by atoms with Gasteiger partial charge in [-0.25, -0.2) is 9.97 Å². The first-order valence-corrected chi connectivity index (χ1v) is 8.29. The summed E-state index contributed by atoms with van der Waals surface area (Å²) in [6.45, 7) is 1.09. The second-order valence-corrected chi connectivity index (χ2v) is 5.87. The molecule has 6 nitrogen and oxygen atoms in total. The Bertz CT molecular complexity index is 818. The zero-order valence-electron chi connectivity index (χ0n) is 13.5. The van der Waals surface area contributed by atoms with E-state index >= 15 is 0 Å². The number of carbonyl (C=O) groups excluding carboxylic acids is 1. The summed E-state index contributed by atoms with van der Waals surface area (Å²) >= 11 is 5.83. The van der Waals surface area contributed by atoms with E-state index in [4.69, 9.17) is 11.6 Å². The summed E-state index contributed by atoms with van der Waals surface area (Å²) in [6, 6.07) is 13.0. The summed E-state index contributed by atoms with van der Waals surface area (Å²) in [4.78, 5) is 20.3. The van der Waals surface area contributed by atoms with Crippen LogP contribution >= 0.6 is 11.6 Å². The van der Waals surface area contributed by atoms with Crippen molar-refractivity contribution in [3.63, 3.8) is 0 Å². The molecule has 0 aliphatic heterocycles. The minimum atomic E-state index is -0.0279. The molecule has 2 aromatic heterocycles. The number of rotatable bonds is 7. The first-order valence-electron chi connectivity index (χ1n) is 7.91. The Morgan fingerprint density at radius 1 is 1.08 bits per heavy atom. The fourth-order valence-electron chi connectivity index (χ4n) is 2.31. The Kier molecular flexibility index (Phi) is 5.64. The number of amides is 1. The number of benzene rings is 1. The summed E-state index contributed by atoms with van der Waals surface area (Å²) < 4.78 is 1.90. The van der Waals surface area contributed by atoms with E-state index < -0.39 is 0 Å². The van der Waals surface area contributed by atoms with E-state index in [0.29, 0.717) is 30.4 Å². The van der Waals surface area contributed by atoms with Crippen molar-refractivity contribution in [1.82, 2.24) is 19.9 Å². The van der Waals surface area contributed by atoms with E-state index in [2.05, 4.69) is 20.6 Å². The van der Waals surface area contributed by atoms with Crippen molar-refractivity contribution in [1.29, 1.82) is 0 Å². The van der Waals surface area contributed by atoms with Gasteiger partial charge in [0.25, 0.3) is 0 Å². The highest BCUT2D eigenvalue weighted by atomic mass is 35.5. The molecule has 0 unspecified atom stereocenters. The van der Waals surface area contributed by atoms with Crippen LogP contribution in [0.5, 0.6) is 0 Å². The van der Waals surface area contributed by atoms with Crippen molar-refractivity contribution in [2.24, 2.45) is 0 Å². The van der Waals surface area contributed by atoms with Crippen molar-refractivity contribution in [3.05, 3.63) is 71.8 Å². The van der Waals surface area contributed by atoms with Gasteiger partial charge in [0.1, 0.15) is 18.0 Å². The van der Waals surface area contributed by atoms with E-state index in [-0.39, 0.29) is 5.91 Å². The molecule has 7 heteroatoms. The van der Waals surface area contributed by atoms with E-state index in [1.165, 1.54) is 6.33 Å². The van der Waals surface area contributed by atoms with Crippen molar-refractivity contribution < 1.29 is 4.79 Å². The SMILES string of the molecule is O=C(Cc1ccc(Cl)cc1)NCCNc1cc(-n2cccc2)ncn1. The molecule has 1 amide bonds. The van der Waals surface area contributed by atoms with Crippen LogP contribution in [0, 0.1) is 0 Å². The molecule has 1 aromatic carbocycles. The largest absolute Gasteiger partial charge is 0.368 e. The highest BCUT2D eigenvalue weighted by Crippen LogP contribution is 2.10. The third kappa shape index (κ3) is 5.06. The normalized spacial score (nSPS) is 10.4. The fourth-order valence-corrected chi connectivity index (χ4v) is 2.44. The molecule has 128 valence electrons. The van der Waals surface area contributed by atoms with E-state index in [9.17, 15) is 4.79 Å². The minimum absolute atomic E-state index is 0.0279. The first-order chi connectivity index (χ1) is 12.2. The molecule has 0 saturated heterocycles. The van der Waals surface area contributed by atoms with Gasteiger partial charge in [0.15, 0.2) is 0 Å². The highest BCUT2D eigenvalue weighted by molar-refractivity contribution is 6.30. The number of nitrogens with zero attached hydrogens (tertiary/aromatic N) is 3. The van der Waals surface area contributed by atoms with Gasteiger partial charge in [0.2, 0.25) is 5.91 Å². The molecular formula is C18H18ClN5O. The summed E-state index contributed by atoms with van der Waals surface area (Å²) in [5, 5.41) is 6.72. The van der Waals surface area contributed by atoms with Crippen LogP contribution in [0.2, 0.25) is 5.02 Å². The van der Waals surface area contributed by atoms with Crippen molar-refractivity contribution in [2.45, 2.75) is 6.42 Å². The Balaban J connectivity index is 1.43. The van der Waals surface area contributed by atoms with Crippen LogP contribution in [0.15, 0.2) is 61.2 Å². The lowest BCUT2D eigenvalue weighted by atomic mass is 10.1. The maximum Gasteiger partial charge on any atom is 0.224 e. The van der Waals surface area contributed by atoms with Gasteiger partial charge in [0.05, 0.1) is 6.42 Å². The number of hydrogen-bond donors (Lipinski definition) is 2.